The monoisotopic (exact) mass is 205 g/mol. The third-order valence-electron chi connectivity index (χ3n) is 2.48. The maximum atomic E-state index is 11.3. The van der Waals surface area contributed by atoms with Gasteiger partial charge >= 0.3 is 0 Å². The lowest BCUT2D eigenvalue weighted by Crippen LogP contribution is -2.18. The van der Waals surface area contributed by atoms with E-state index in [9.17, 15) is 4.79 Å². The number of carbonyl (C=O) groups is 1. The molecule has 0 atom stereocenters. The van der Waals surface area contributed by atoms with E-state index in [1.165, 1.54) is 12.8 Å². The first-order chi connectivity index (χ1) is 7.20. The maximum Gasteiger partial charge on any atom is 0.251 e. The van der Waals surface area contributed by atoms with E-state index in [4.69, 9.17) is 5.73 Å². The Balaban J connectivity index is 2.17. The van der Waals surface area contributed by atoms with Crippen LogP contribution in [0.5, 0.6) is 0 Å². The van der Waals surface area contributed by atoms with Crippen molar-refractivity contribution in [3.63, 3.8) is 0 Å². The molecule has 0 spiro atoms. The molecule has 80 valence electrons. The molecule has 1 fully saturated rings. The summed E-state index contributed by atoms with van der Waals surface area (Å²) in [6.07, 6.45) is 2.41. The van der Waals surface area contributed by atoms with Gasteiger partial charge in [0.15, 0.2) is 0 Å². The van der Waals surface area contributed by atoms with Gasteiger partial charge < -0.3 is 16.4 Å². The van der Waals surface area contributed by atoms with Crippen molar-refractivity contribution in [1.82, 2.24) is 5.32 Å². The normalized spacial score (nSPS) is 14.7. The molecular weight excluding hydrogens is 190 g/mol. The van der Waals surface area contributed by atoms with Crippen LogP contribution in [0, 0.1) is 0 Å². The van der Waals surface area contributed by atoms with Crippen LogP contribution in [-0.2, 0) is 0 Å². The molecular formula is C11H15N3O. The molecule has 1 amide bonds. The Morgan fingerprint density at radius 1 is 1.47 bits per heavy atom. The number of hydrogen-bond donors (Lipinski definition) is 3. The van der Waals surface area contributed by atoms with Gasteiger partial charge in [-0.05, 0) is 31.0 Å². The average Bonchev–Trinajstić information content (AvgIpc) is 3.04. The highest BCUT2D eigenvalue weighted by Crippen LogP contribution is 2.28. The number of anilines is 2. The molecule has 1 aromatic rings. The van der Waals surface area contributed by atoms with Crippen molar-refractivity contribution < 1.29 is 4.79 Å². The van der Waals surface area contributed by atoms with Crippen LogP contribution in [0.1, 0.15) is 23.2 Å². The highest BCUT2D eigenvalue weighted by Gasteiger charge is 2.21. The van der Waals surface area contributed by atoms with Crippen molar-refractivity contribution in [1.29, 1.82) is 0 Å². The summed E-state index contributed by atoms with van der Waals surface area (Å²) in [5.74, 6) is -0.111. The van der Waals surface area contributed by atoms with Crippen LogP contribution in [0.2, 0.25) is 0 Å². The van der Waals surface area contributed by atoms with Crippen molar-refractivity contribution in [3.05, 3.63) is 23.8 Å². The predicted octanol–water partition coefficient (Wildman–Crippen LogP) is 1.20. The molecule has 2 rings (SSSR count). The summed E-state index contributed by atoms with van der Waals surface area (Å²) in [4.78, 5) is 11.3. The fourth-order valence-electron chi connectivity index (χ4n) is 1.43. The highest BCUT2D eigenvalue weighted by atomic mass is 16.1. The van der Waals surface area contributed by atoms with Crippen LogP contribution in [-0.4, -0.2) is 19.0 Å². The highest BCUT2D eigenvalue weighted by molar-refractivity contribution is 5.95. The van der Waals surface area contributed by atoms with Gasteiger partial charge in [0.2, 0.25) is 0 Å². The lowest BCUT2D eigenvalue weighted by molar-refractivity contribution is 0.0963. The van der Waals surface area contributed by atoms with Gasteiger partial charge in [-0.2, -0.15) is 0 Å². The zero-order valence-corrected chi connectivity index (χ0v) is 8.71. The number of carbonyl (C=O) groups excluding carboxylic acids is 1. The summed E-state index contributed by atoms with van der Waals surface area (Å²) in [6, 6.07) is 5.90. The first-order valence-corrected chi connectivity index (χ1v) is 5.09. The number of nitrogens with two attached hydrogens (primary N) is 1. The van der Waals surface area contributed by atoms with Crippen LogP contribution in [0.25, 0.3) is 0 Å². The Morgan fingerprint density at radius 2 is 2.20 bits per heavy atom. The second-order valence-corrected chi connectivity index (χ2v) is 3.80. The van der Waals surface area contributed by atoms with E-state index in [0.717, 1.165) is 5.69 Å². The van der Waals surface area contributed by atoms with Crippen LogP contribution >= 0.6 is 0 Å². The van der Waals surface area contributed by atoms with Crippen LogP contribution < -0.4 is 16.4 Å². The Hall–Kier alpha value is -1.71. The Kier molecular flexibility index (Phi) is 2.49. The summed E-state index contributed by atoms with van der Waals surface area (Å²) < 4.78 is 0. The number of benzene rings is 1. The van der Waals surface area contributed by atoms with E-state index in [1.54, 1.807) is 19.2 Å². The van der Waals surface area contributed by atoms with Crippen molar-refractivity contribution in [2.75, 3.05) is 18.1 Å². The van der Waals surface area contributed by atoms with E-state index in [-0.39, 0.29) is 5.91 Å². The zero-order valence-electron chi connectivity index (χ0n) is 8.71. The largest absolute Gasteiger partial charge is 0.397 e. The Morgan fingerprint density at radius 3 is 2.73 bits per heavy atom. The number of nitrogens with one attached hydrogen (secondary N) is 2. The first-order valence-electron chi connectivity index (χ1n) is 5.09. The molecule has 0 aliphatic heterocycles. The number of rotatable bonds is 3. The van der Waals surface area contributed by atoms with Crippen molar-refractivity contribution >= 4 is 17.3 Å². The second kappa shape index (κ2) is 3.81. The Bertz CT molecular complexity index is 385. The van der Waals surface area contributed by atoms with Gasteiger partial charge in [-0.3, -0.25) is 4.79 Å². The molecule has 4 nitrogen and oxygen atoms in total. The molecule has 0 aromatic heterocycles. The van der Waals surface area contributed by atoms with Crippen molar-refractivity contribution in [2.24, 2.45) is 0 Å². The van der Waals surface area contributed by atoms with Gasteiger partial charge in [0, 0.05) is 18.7 Å². The zero-order chi connectivity index (χ0) is 10.8. The maximum absolute atomic E-state index is 11.3. The van der Waals surface area contributed by atoms with Crippen LogP contribution in [0.4, 0.5) is 11.4 Å². The molecule has 15 heavy (non-hydrogen) atoms. The predicted molar refractivity (Wildman–Crippen MR) is 60.9 cm³/mol. The molecule has 0 radical (unpaired) electrons. The van der Waals surface area contributed by atoms with E-state index >= 15 is 0 Å². The van der Waals surface area contributed by atoms with E-state index in [1.807, 2.05) is 6.07 Å². The van der Waals surface area contributed by atoms with Gasteiger partial charge in [-0.15, -0.1) is 0 Å². The minimum Gasteiger partial charge on any atom is -0.397 e. The summed E-state index contributed by atoms with van der Waals surface area (Å²) in [6.45, 7) is 0. The summed E-state index contributed by atoms with van der Waals surface area (Å²) in [5, 5.41) is 5.88. The van der Waals surface area contributed by atoms with Crippen molar-refractivity contribution in [3.8, 4) is 0 Å². The smallest absolute Gasteiger partial charge is 0.251 e. The fraction of sp³-hybridized carbons (Fsp3) is 0.364. The first kappa shape index (κ1) is 9.83. The summed E-state index contributed by atoms with van der Waals surface area (Å²) >= 11 is 0. The third kappa shape index (κ3) is 2.21. The van der Waals surface area contributed by atoms with Gasteiger partial charge in [-0.25, -0.2) is 0 Å². The van der Waals surface area contributed by atoms with E-state index < -0.39 is 0 Å². The molecule has 4 N–H and O–H groups in total. The molecule has 1 aliphatic carbocycles. The molecule has 0 bridgehead atoms. The number of hydrogen-bond acceptors (Lipinski definition) is 3. The van der Waals surface area contributed by atoms with E-state index in [2.05, 4.69) is 10.6 Å². The number of amides is 1. The summed E-state index contributed by atoms with van der Waals surface area (Å²) in [7, 11) is 1.61. The van der Waals surface area contributed by atoms with E-state index in [0.29, 0.717) is 17.3 Å². The molecule has 1 aromatic carbocycles. The summed E-state index contributed by atoms with van der Waals surface area (Å²) in [5.41, 5.74) is 7.99. The molecule has 1 saturated carbocycles. The third-order valence-corrected chi connectivity index (χ3v) is 2.48. The van der Waals surface area contributed by atoms with Crippen molar-refractivity contribution in [2.45, 2.75) is 18.9 Å². The minimum absolute atomic E-state index is 0.111. The minimum atomic E-state index is -0.111. The average molecular weight is 205 g/mol. The van der Waals surface area contributed by atoms with Gasteiger partial charge in [-0.1, -0.05) is 0 Å². The molecule has 1 aliphatic rings. The standard InChI is InChI=1S/C11H15N3O/c1-13-11(15)7-2-5-10(9(12)6-7)14-8-3-4-8/h2,5-6,8,14H,3-4,12H2,1H3,(H,13,15). The fourth-order valence-corrected chi connectivity index (χ4v) is 1.43. The SMILES string of the molecule is CNC(=O)c1ccc(NC2CC2)c(N)c1. The van der Waals surface area contributed by atoms with Gasteiger partial charge in [0.1, 0.15) is 0 Å². The van der Waals surface area contributed by atoms with Gasteiger partial charge in [0.05, 0.1) is 11.4 Å². The molecule has 0 saturated heterocycles. The van der Waals surface area contributed by atoms with Crippen LogP contribution in [0.15, 0.2) is 18.2 Å². The molecule has 4 heteroatoms. The quantitative estimate of drug-likeness (QED) is 0.649. The lowest BCUT2D eigenvalue weighted by Gasteiger charge is -2.09. The van der Waals surface area contributed by atoms with Gasteiger partial charge in [0.25, 0.3) is 5.91 Å². The second-order valence-electron chi connectivity index (χ2n) is 3.80. The number of nitrogen functional groups attached to an aromatic ring is 1. The Labute approximate surface area is 88.9 Å². The molecule has 0 heterocycles. The molecule has 0 unspecified atom stereocenters. The van der Waals surface area contributed by atoms with Crippen LogP contribution in [0.3, 0.4) is 0 Å². The topological polar surface area (TPSA) is 67.2 Å². The lowest BCUT2D eigenvalue weighted by atomic mass is 10.1.